The molecule has 0 radical (unpaired) electrons. The average Bonchev–Trinajstić information content (AvgIpc) is 3.14. The molecule has 5 nitrogen and oxygen atoms in total. The van der Waals surface area contributed by atoms with Gasteiger partial charge in [-0.2, -0.15) is 0 Å². The highest BCUT2D eigenvalue weighted by molar-refractivity contribution is 5.61. The van der Waals surface area contributed by atoms with Crippen molar-refractivity contribution in [3.05, 3.63) is 64.9 Å². The van der Waals surface area contributed by atoms with E-state index in [4.69, 9.17) is 14.5 Å². The highest BCUT2D eigenvalue weighted by atomic mass is 16.5. The second-order valence-electron chi connectivity index (χ2n) is 8.44. The molecule has 2 aliphatic rings. The number of hydrogen-bond donors (Lipinski definition) is 0. The fourth-order valence-corrected chi connectivity index (χ4v) is 4.70. The Balaban J connectivity index is 1.33. The Kier molecular flexibility index (Phi) is 5.15. The second kappa shape index (κ2) is 8.07. The predicted molar refractivity (Wildman–Crippen MR) is 112 cm³/mol. The molecule has 1 aliphatic heterocycles. The van der Waals surface area contributed by atoms with Gasteiger partial charge in [-0.05, 0) is 19.8 Å². The van der Waals surface area contributed by atoms with Crippen LogP contribution in [0, 0.1) is 6.92 Å². The molecule has 1 saturated carbocycles. The molecule has 0 atom stereocenters. The lowest BCUT2D eigenvalue weighted by Gasteiger charge is -2.29. The van der Waals surface area contributed by atoms with Crippen LogP contribution < -0.4 is 0 Å². The summed E-state index contributed by atoms with van der Waals surface area (Å²) in [6, 6.07) is 10.3. The minimum Gasteiger partial charge on any atom is -0.356 e. The van der Waals surface area contributed by atoms with Gasteiger partial charge in [-0.1, -0.05) is 54.8 Å². The van der Waals surface area contributed by atoms with Crippen LogP contribution in [0.2, 0.25) is 0 Å². The highest BCUT2D eigenvalue weighted by Crippen LogP contribution is 2.32. The third-order valence-corrected chi connectivity index (χ3v) is 6.40. The number of benzene rings is 1. The third kappa shape index (κ3) is 3.84. The maximum absolute atomic E-state index is 5.67. The molecular weight excluding hydrogens is 360 g/mol. The Morgan fingerprint density at radius 1 is 1.10 bits per heavy atom. The number of aromatic nitrogens is 3. The average molecular weight is 389 g/mol. The van der Waals surface area contributed by atoms with E-state index in [2.05, 4.69) is 28.4 Å². The molecule has 1 aromatic carbocycles. The smallest absolute Gasteiger partial charge is 0.171 e. The number of fused-ring (bicyclic) bond motifs is 1. The third-order valence-electron chi connectivity index (χ3n) is 6.40. The molecule has 150 valence electrons. The summed E-state index contributed by atoms with van der Waals surface area (Å²) < 4.78 is 5.67. The van der Waals surface area contributed by atoms with Crippen LogP contribution in [0.25, 0.3) is 11.3 Å². The fraction of sp³-hybridized carbons (Fsp3) is 0.458. The van der Waals surface area contributed by atoms with Gasteiger partial charge in [0.2, 0.25) is 0 Å². The second-order valence-corrected chi connectivity index (χ2v) is 8.44. The molecule has 5 rings (SSSR count). The zero-order valence-electron chi connectivity index (χ0n) is 17.1. The summed E-state index contributed by atoms with van der Waals surface area (Å²) in [6.45, 7) is 4.76. The maximum atomic E-state index is 5.67. The number of hydrogen-bond acceptors (Lipinski definition) is 5. The van der Waals surface area contributed by atoms with Crippen LogP contribution in [0.3, 0.4) is 0 Å². The Morgan fingerprint density at radius 3 is 2.76 bits per heavy atom. The molecule has 29 heavy (non-hydrogen) atoms. The van der Waals surface area contributed by atoms with Gasteiger partial charge in [-0.25, -0.2) is 9.97 Å². The first-order valence-corrected chi connectivity index (χ1v) is 10.9. The molecule has 0 spiro atoms. The molecule has 5 heteroatoms. The normalized spacial score (nSPS) is 18.0. The van der Waals surface area contributed by atoms with Crippen molar-refractivity contribution in [3.63, 3.8) is 0 Å². The van der Waals surface area contributed by atoms with E-state index in [-0.39, 0.29) is 0 Å². The van der Waals surface area contributed by atoms with Gasteiger partial charge in [0.1, 0.15) is 5.82 Å². The van der Waals surface area contributed by atoms with E-state index in [9.17, 15) is 0 Å². The standard InChI is InChI=1S/C24H28N4O/c1-17-21(23(29-27-17)18-8-4-2-5-9-18)16-28-13-12-22-20(15-28)14-25-24(26-22)19-10-6-3-7-11-19/h2,4-5,8-9,14,19H,3,6-7,10-13,15-16H2,1H3. The van der Waals surface area contributed by atoms with E-state index in [0.29, 0.717) is 5.92 Å². The highest BCUT2D eigenvalue weighted by Gasteiger charge is 2.24. The van der Waals surface area contributed by atoms with E-state index >= 15 is 0 Å². The number of aryl methyl sites for hydroxylation is 1. The summed E-state index contributed by atoms with van der Waals surface area (Å²) in [4.78, 5) is 12.2. The van der Waals surface area contributed by atoms with Gasteiger partial charge in [-0.15, -0.1) is 0 Å². The van der Waals surface area contributed by atoms with Crippen molar-refractivity contribution >= 4 is 0 Å². The van der Waals surface area contributed by atoms with E-state index in [1.807, 2.05) is 25.1 Å². The molecule has 1 fully saturated rings. The van der Waals surface area contributed by atoms with E-state index < -0.39 is 0 Å². The van der Waals surface area contributed by atoms with Crippen LogP contribution in [0.15, 0.2) is 41.1 Å². The molecule has 0 saturated heterocycles. The van der Waals surface area contributed by atoms with Crippen LogP contribution in [0.5, 0.6) is 0 Å². The molecule has 0 unspecified atom stereocenters. The van der Waals surface area contributed by atoms with Crippen molar-refractivity contribution in [2.45, 2.75) is 64.5 Å². The summed E-state index contributed by atoms with van der Waals surface area (Å²) in [5.41, 5.74) is 5.76. The van der Waals surface area contributed by atoms with Gasteiger partial charge in [0.15, 0.2) is 5.76 Å². The Hall–Kier alpha value is -2.53. The summed E-state index contributed by atoms with van der Waals surface area (Å²) in [7, 11) is 0. The topological polar surface area (TPSA) is 55.1 Å². The molecule has 0 amide bonds. The maximum Gasteiger partial charge on any atom is 0.171 e. The Bertz CT molecular complexity index is 976. The fourth-order valence-electron chi connectivity index (χ4n) is 4.70. The molecule has 2 aromatic heterocycles. The van der Waals surface area contributed by atoms with Crippen molar-refractivity contribution in [3.8, 4) is 11.3 Å². The van der Waals surface area contributed by atoms with Crippen molar-refractivity contribution in [2.75, 3.05) is 6.54 Å². The van der Waals surface area contributed by atoms with E-state index in [0.717, 1.165) is 48.9 Å². The molecule has 1 aliphatic carbocycles. The first-order valence-electron chi connectivity index (χ1n) is 10.9. The lowest BCUT2D eigenvalue weighted by molar-refractivity contribution is 0.241. The summed E-state index contributed by atoms with van der Waals surface area (Å²) >= 11 is 0. The predicted octanol–water partition coefficient (Wildman–Crippen LogP) is 5.05. The lowest BCUT2D eigenvalue weighted by Crippen LogP contribution is -2.31. The molecule has 3 heterocycles. The van der Waals surface area contributed by atoms with Crippen molar-refractivity contribution in [1.82, 2.24) is 20.0 Å². The van der Waals surface area contributed by atoms with Crippen LogP contribution in [-0.2, 0) is 19.5 Å². The van der Waals surface area contributed by atoms with Gasteiger partial charge >= 0.3 is 0 Å². The first kappa shape index (κ1) is 18.5. The quantitative estimate of drug-likeness (QED) is 0.626. The monoisotopic (exact) mass is 388 g/mol. The van der Waals surface area contributed by atoms with Gasteiger partial charge < -0.3 is 4.52 Å². The number of nitrogens with zero attached hydrogens (tertiary/aromatic N) is 4. The zero-order valence-corrected chi connectivity index (χ0v) is 17.1. The lowest BCUT2D eigenvalue weighted by atomic mass is 9.88. The van der Waals surface area contributed by atoms with Gasteiger partial charge in [0.25, 0.3) is 0 Å². The Morgan fingerprint density at radius 2 is 1.93 bits per heavy atom. The van der Waals surface area contributed by atoms with Crippen LogP contribution in [0.4, 0.5) is 0 Å². The van der Waals surface area contributed by atoms with Crippen LogP contribution >= 0.6 is 0 Å². The largest absolute Gasteiger partial charge is 0.356 e. The molecular formula is C24H28N4O. The van der Waals surface area contributed by atoms with Gasteiger partial charge in [0, 0.05) is 60.6 Å². The first-order chi connectivity index (χ1) is 14.3. The van der Waals surface area contributed by atoms with Crippen molar-refractivity contribution in [2.24, 2.45) is 0 Å². The summed E-state index contributed by atoms with van der Waals surface area (Å²) in [5, 5.41) is 4.24. The molecule has 3 aromatic rings. The van der Waals surface area contributed by atoms with E-state index in [1.54, 1.807) is 0 Å². The SMILES string of the molecule is Cc1noc(-c2ccccc2)c1CN1CCc2nc(C3CCCCC3)ncc2C1. The van der Waals surface area contributed by atoms with Gasteiger partial charge in [0.05, 0.1) is 5.69 Å². The summed E-state index contributed by atoms with van der Waals surface area (Å²) in [5.74, 6) is 2.54. The number of rotatable bonds is 4. The minimum absolute atomic E-state index is 0.570. The molecule has 0 bridgehead atoms. The van der Waals surface area contributed by atoms with Crippen molar-refractivity contribution < 1.29 is 4.52 Å². The minimum atomic E-state index is 0.570. The van der Waals surface area contributed by atoms with E-state index in [1.165, 1.54) is 48.9 Å². The van der Waals surface area contributed by atoms with Crippen molar-refractivity contribution in [1.29, 1.82) is 0 Å². The Labute approximate surface area is 172 Å². The zero-order chi connectivity index (χ0) is 19.6. The molecule has 0 N–H and O–H groups in total. The summed E-state index contributed by atoms with van der Waals surface area (Å²) in [6.07, 6.45) is 9.57. The van der Waals surface area contributed by atoms with Gasteiger partial charge in [-0.3, -0.25) is 4.90 Å². The van der Waals surface area contributed by atoms with Crippen LogP contribution in [0.1, 0.15) is 66.4 Å². The van der Waals surface area contributed by atoms with Crippen LogP contribution in [-0.4, -0.2) is 26.6 Å².